The van der Waals surface area contributed by atoms with Gasteiger partial charge in [0.1, 0.15) is 11.4 Å². The molecule has 1 N–H and O–H groups in total. The minimum atomic E-state index is -1.33. The number of nitrogens with one attached hydrogen (secondary N) is 1. The maximum atomic E-state index is 15.9. The predicted octanol–water partition coefficient (Wildman–Crippen LogP) is 8.58. The third-order valence-electron chi connectivity index (χ3n) is 7.13. The molecule has 1 unspecified atom stereocenters. The molecule has 0 radical (unpaired) electrons. The van der Waals surface area contributed by atoms with Gasteiger partial charge in [0.2, 0.25) is 11.1 Å². The van der Waals surface area contributed by atoms with Gasteiger partial charge in [-0.3, -0.25) is 0 Å². The largest absolute Gasteiger partial charge is 0.331 e. The zero-order valence-electron chi connectivity index (χ0n) is 20.0. The highest BCUT2D eigenvalue weighted by molar-refractivity contribution is 7.14. The van der Waals surface area contributed by atoms with E-state index in [1.165, 1.54) is 44.0 Å². The molecule has 4 rings (SSSR count). The number of pyridine rings is 1. The fourth-order valence-electron chi connectivity index (χ4n) is 4.71. The van der Waals surface area contributed by atoms with Crippen molar-refractivity contribution in [2.45, 2.75) is 71.4 Å². The van der Waals surface area contributed by atoms with Crippen LogP contribution >= 0.6 is 11.3 Å². The average Bonchev–Trinajstić information content (AvgIpc) is 3.12. The number of rotatable bonds is 11. The van der Waals surface area contributed by atoms with Gasteiger partial charge in [-0.1, -0.05) is 70.3 Å². The summed E-state index contributed by atoms with van der Waals surface area (Å²) in [5.41, 5.74) is 1.68. The van der Waals surface area contributed by atoms with Crippen molar-refractivity contribution in [2.24, 2.45) is 11.8 Å². The minimum absolute atomic E-state index is 0.0269. The molecule has 0 bridgehead atoms. The Labute approximate surface area is 203 Å². The topological polar surface area (TPSA) is 37.8 Å². The van der Waals surface area contributed by atoms with Gasteiger partial charge in [-0.2, -0.15) is 8.78 Å². The Bertz CT molecular complexity index is 1100. The maximum Gasteiger partial charge on any atom is 0.212 e. The SMILES string of the molecule is CCCCCCCCc1ccc(Nc2nc(-c3ccc(F)nc3)c(F)s2)cc1C1(F)[C@H](C)[C@@H]1C. The summed E-state index contributed by atoms with van der Waals surface area (Å²) in [4.78, 5) is 7.90. The maximum absolute atomic E-state index is 15.9. The first-order valence-electron chi connectivity index (χ1n) is 12.2. The Morgan fingerprint density at radius 2 is 1.74 bits per heavy atom. The quantitative estimate of drug-likeness (QED) is 0.217. The molecule has 1 saturated carbocycles. The number of aryl methyl sites for hydroxylation is 1. The third kappa shape index (κ3) is 5.14. The molecule has 2 aromatic heterocycles. The first-order chi connectivity index (χ1) is 16.3. The summed E-state index contributed by atoms with van der Waals surface area (Å²) in [7, 11) is 0. The molecule has 0 saturated heterocycles. The molecule has 34 heavy (non-hydrogen) atoms. The highest BCUT2D eigenvalue weighted by Crippen LogP contribution is 2.61. The van der Waals surface area contributed by atoms with E-state index in [1.807, 2.05) is 32.0 Å². The first-order valence-corrected chi connectivity index (χ1v) is 13.0. The number of nitrogens with zero attached hydrogens (tertiary/aromatic N) is 2. The van der Waals surface area contributed by atoms with E-state index in [-0.39, 0.29) is 17.5 Å². The number of unbranched alkanes of at least 4 members (excludes halogenated alkanes) is 5. The van der Waals surface area contributed by atoms with E-state index >= 15 is 4.39 Å². The van der Waals surface area contributed by atoms with E-state index in [2.05, 4.69) is 22.2 Å². The van der Waals surface area contributed by atoms with E-state index in [4.69, 9.17) is 0 Å². The van der Waals surface area contributed by atoms with Gasteiger partial charge >= 0.3 is 0 Å². The fourth-order valence-corrected chi connectivity index (χ4v) is 5.45. The van der Waals surface area contributed by atoms with Crippen LogP contribution < -0.4 is 5.32 Å². The second-order valence-corrected chi connectivity index (χ2v) is 10.3. The molecular weight excluding hydrogens is 455 g/mol. The number of benzene rings is 1. The van der Waals surface area contributed by atoms with Crippen LogP contribution in [0.5, 0.6) is 0 Å². The molecule has 1 aliphatic rings. The zero-order chi connectivity index (χ0) is 24.3. The van der Waals surface area contributed by atoms with E-state index in [1.54, 1.807) is 0 Å². The van der Waals surface area contributed by atoms with Crippen molar-refractivity contribution < 1.29 is 13.2 Å². The van der Waals surface area contributed by atoms with Crippen molar-refractivity contribution in [3.8, 4) is 11.3 Å². The number of alkyl halides is 1. The van der Waals surface area contributed by atoms with Gasteiger partial charge in [-0.05, 0) is 48.2 Å². The number of halogens is 3. The van der Waals surface area contributed by atoms with Crippen LogP contribution in [0.1, 0.15) is 70.4 Å². The summed E-state index contributed by atoms with van der Waals surface area (Å²) in [5.74, 6) is -0.683. The Morgan fingerprint density at radius 3 is 2.41 bits per heavy atom. The summed E-state index contributed by atoms with van der Waals surface area (Å²) < 4.78 is 43.5. The molecular formula is C27H32F3N3S. The van der Waals surface area contributed by atoms with E-state index in [9.17, 15) is 8.78 Å². The summed E-state index contributed by atoms with van der Waals surface area (Å²) in [5, 5.41) is 3.01. The minimum Gasteiger partial charge on any atom is -0.331 e. The van der Waals surface area contributed by atoms with E-state index in [0.29, 0.717) is 16.4 Å². The monoisotopic (exact) mass is 487 g/mol. The van der Waals surface area contributed by atoms with E-state index < -0.39 is 16.7 Å². The van der Waals surface area contributed by atoms with Crippen molar-refractivity contribution in [1.29, 1.82) is 0 Å². The Morgan fingerprint density at radius 1 is 1.00 bits per heavy atom. The van der Waals surface area contributed by atoms with E-state index in [0.717, 1.165) is 41.7 Å². The van der Waals surface area contributed by atoms with Gasteiger partial charge < -0.3 is 5.32 Å². The van der Waals surface area contributed by atoms with Crippen LogP contribution in [0.4, 0.5) is 24.0 Å². The number of hydrogen-bond acceptors (Lipinski definition) is 4. The predicted molar refractivity (Wildman–Crippen MR) is 133 cm³/mol. The highest BCUT2D eigenvalue weighted by Gasteiger charge is 2.62. The van der Waals surface area contributed by atoms with Gasteiger partial charge in [0.05, 0.1) is 0 Å². The van der Waals surface area contributed by atoms with Crippen molar-refractivity contribution in [1.82, 2.24) is 9.97 Å². The van der Waals surface area contributed by atoms with Crippen molar-refractivity contribution in [2.75, 3.05) is 5.32 Å². The smallest absolute Gasteiger partial charge is 0.212 e. The van der Waals surface area contributed by atoms with Gasteiger partial charge in [0, 0.05) is 29.3 Å². The first kappa shape index (κ1) is 24.7. The highest BCUT2D eigenvalue weighted by atomic mass is 32.1. The second-order valence-electron chi connectivity index (χ2n) is 9.37. The third-order valence-corrected chi connectivity index (χ3v) is 7.89. The van der Waals surface area contributed by atoms with Crippen LogP contribution in [-0.4, -0.2) is 9.97 Å². The van der Waals surface area contributed by atoms with Crippen LogP contribution in [0, 0.1) is 22.9 Å². The summed E-state index contributed by atoms with van der Waals surface area (Å²) in [6, 6.07) is 8.40. The Balaban J connectivity index is 1.52. The molecule has 0 aliphatic heterocycles. The number of hydrogen-bond donors (Lipinski definition) is 1. The molecule has 1 fully saturated rings. The normalized spacial score (nSPS) is 21.6. The zero-order valence-corrected chi connectivity index (χ0v) is 20.8. The van der Waals surface area contributed by atoms with Crippen molar-refractivity contribution >= 4 is 22.2 Å². The molecule has 7 heteroatoms. The van der Waals surface area contributed by atoms with Crippen LogP contribution in [0.2, 0.25) is 0 Å². The molecule has 3 atom stereocenters. The molecule has 1 aliphatic carbocycles. The summed E-state index contributed by atoms with van der Waals surface area (Å²) >= 11 is 0.862. The van der Waals surface area contributed by atoms with Gasteiger partial charge in [-0.25, -0.2) is 14.4 Å². The van der Waals surface area contributed by atoms with Crippen LogP contribution in [0.25, 0.3) is 11.3 Å². The lowest BCUT2D eigenvalue weighted by molar-refractivity contribution is 0.274. The van der Waals surface area contributed by atoms with Crippen LogP contribution in [0.3, 0.4) is 0 Å². The number of anilines is 2. The second kappa shape index (κ2) is 10.5. The lowest BCUT2D eigenvalue weighted by Gasteiger charge is -2.17. The standard InChI is InChI=1S/C27H32F3N3S/c1-4-5-6-7-8-9-10-19-11-13-21(15-22(19)27(30)17(2)18(27)3)32-26-33-24(25(29)34-26)20-12-14-23(28)31-16-20/h11-18H,4-10H2,1-3H3,(H,32,33)/t17-,18+,27?. The number of aromatic nitrogens is 2. The van der Waals surface area contributed by atoms with Crippen molar-refractivity contribution in [3.63, 3.8) is 0 Å². The molecule has 1 aromatic carbocycles. The molecule has 182 valence electrons. The van der Waals surface area contributed by atoms with Gasteiger partial charge in [-0.15, -0.1) is 0 Å². The molecule has 0 spiro atoms. The molecule has 3 nitrogen and oxygen atoms in total. The molecule has 0 amide bonds. The lowest BCUT2D eigenvalue weighted by atomic mass is 9.94. The lowest BCUT2D eigenvalue weighted by Crippen LogP contribution is -2.09. The number of thiazole rings is 1. The molecule has 3 aromatic rings. The average molecular weight is 488 g/mol. The van der Waals surface area contributed by atoms with Crippen LogP contribution in [-0.2, 0) is 12.1 Å². The fraction of sp³-hybridized carbons (Fsp3) is 0.481. The Kier molecular flexibility index (Phi) is 7.60. The summed E-state index contributed by atoms with van der Waals surface area (Å²) in [6.07, 6.45) is 9.30. The van der Waals surface area contributed by atoms with Gasteiger partial charge in [0.25, 0.3) is 0 Å². The Hall–Kier alpha value is -2.41. The van der Waals surface area contributed by atoms with Gasteiger partial charge in [0.15, 0.2) is 5.13 Å². The molecule has 2 heterocycles. The van der Waals surface area contributed by atoms with Crippen molar-refractivity contribution in [3.05, 3.63) is 58.7 Å². The van der Waals surface area contributed by atoms with Crippen LogP contribution in [0.15, 0.2) is 36.5 Å². The summed E-state index contributed by atoms with van der Waals surface area (Å²) in [6.45, 7) is 6.12.